The van der Waals surface area contributed by atoms with Crippen LogP contribution in [0.4, 0.5) is 13.2 Å². The Hall–Kier alpha value is -2.38. The number of ether oxygens (including phenoxy) is 1. The second-order valence-corrected chi connectivity index (χ2v) is 6.98. The summed E-state index contributed by atoms with van der Waals surface area (Å²) in [5.74, 6) is 0. The number of aliphatic hydroxyl groups excluding tert-OH is 1. The predicted octanol–water partition coefficient (Wildman–Crippen LogP) is 5.34. The molecular weight excluding hydrogens is 405 g/mol. The van der Waals surface area contributed by atoms with E-state index in [0.717, 1.165) is 0 Å². The molecule has 0 aromatic heterocycles. The highest BCUT2D eigenvalue weighted by atomic mass is 35.5. The molecule has 0 heterocycles. The molecule has 0 bridgehead atoms. The standard InChI is InChI=1S/C22H16ClF3O3/c23-12-29-20(27)14-7-5-13(6-8-14)15-9-10-17-16-3-1-2-4-18(16)21(28,19(17)11-15)22(24,25)26/h1-11,20,27-28H,12H2. The van der Waals surface area contributed by atoms with E-state index >= 15 is 0 Å². The van der Waals surface area contributed by atoms with Crippen LogP contribution in [0.3, 0.4) is 0 Å². The molecule has 0 saturated heterocycles. The molecule has 7 heteroatoms. The van der Waals surface area contributed by atoms with Crippen molar-refractivity contribution in [1.82, 2.24) is 0 Å². The third-order valence-corrected chi connectivity index (χ3v) is 5.30. The summed E-state index contributed by atoms with van der Waals surface area (Å²) in [4.78, 5) is 0. The lowest BCUT2D eigenvalue weighted by Crippen LogP contribution is -2.41. The van der Waals surface area contributed by atoms with E-state index in [1.54, 1.807) is 48.5 Å². The zero-order valence-electron chi connectivity index (χ0n) is 14.9. The molecule has 2 unspecified atom stereocenters. The number of hydrogen-bond donors (Lipinski definition) is 2. The zero-order chi connectivity index (χ0) is 20.8. The molecule has 2 N–H and O–H groups in total. The topological polar surface area (TPSA) is 49.7 Å². The quantitative estimate of drug-likeness (QED) is 0.442. The molecule has 4 rings (SSSR count). The molecule has 0 fully saturated rings. The largest absolute Gasteiger partial charge is 0.425 e. The Bertz CT molecular complexity index is 1050. The number of rotatable bonds is 4. The Balaban J connectivity index is 1.80. The first-order valence-electron chi connectivity index (χ1n) is 8.77. The van der Waals surface area contributed by atoms with Crippen molar-refractivity contribution in [3.8, 4) is 22.3 Å². The van der Waals surface area contributed by atoms with Crippen LogP contribution in [0, 0.1) is 0 Å². The molecule has 0 spiro atoms. The van der Waals surface area contributed by atoms with Gasteiger partial charge < -0.3 is 14.9 Å². The Kier molecular flexibility index (Phi) is 4.91. The lowest BCUT2D eigenvalue weighted by Gasteiger charge is -2.28. The van der Waals surface area contributed by atoms with Crippen molar-refractivity contribution in [2.75, 3.05) is 6.07 Å². The number of alkyl halides is 4. The van der Waals surface area contributed by atoms with Crippen molar-refractivity contribution in [3.63, 3.8) is 0 Å². The zero-order valence-corrected chi connectivity index (χ0v) is 15.7. The van der Waals surface area contributed by atoms with E-state index in [-0.39, 0.29) is 17.2 Å². The molecule has 3 nitrogen and oxygen atoms in total. The molecule has 1 aliphatic rings. The smallest absolute Gasteiger partial charge is 0.372 e. The van der Waals surface area contributed by atoms with Crippen LogP contribution in [-0.4, -0.2) is 22.5 Å². The van der Waals surface area contributed by atoms with Crippen molar-refractivity contribution in [2.45, 2.75) is 18.1 Å². The minimum absolute atomic E-state index is 0.170. The minimum Gasteiger partial charge on any atom is -0.372 e. The van der Waals surface area contributed by atoms with E-state index in [2.05, 4.69) is 0 Å². The van der Waals surface area contributed by atoms with Crippen LogP contribution < -0.4 is 0 Å². The van der Waals surface area contributed by atoms with Crippen LogP contribution in [0.2, 0.25) is 0 Å². The van der Waals surface area contributed by atoms with Crippen molar-refractivity contribution in [2.24, 2.45) is 0 Å². The summed E-state index contributed by atoms with van der Waals surface area (Å²) in [7, 11) is 0. The fourth-order valence-corrected chi connectivity index (χ4v) is 3.86. The number of aliphatic hydroxyl groups is 2. The molecule has 3 aromatic rings. The highest BCUT2D eigenvalue weighted by Crippen LogP contribution is 2.55. The van der Waals surface area contributed by atoms with Crippen LogP contribution in [0.5, 0.6) is 0 Å². The molecule has 0 radical (unpaired) electrons. The summed E-state index contributed by atoms with van der Waals surface area (Å²) < 4.78 is 46.7. The van der Waals surface area contributed by atoms with Gasteiger partial charge in [-0.05, 0) is 28.3 Å². The van der Waals surface area contributed by atoms with Crippen molar-refractivity contribution in [3.05, 3.63) is 83.4 Å². The summed E-state index contributed by atoms with van der Waals surface area (Å²) in [6.07, 6.45) is -6.06. The molecule has 150 valence electrons. The summed E-state index contributed by atoms with van der Waals surface area (Å²) >= 11 is 5.43. The van der Waals surface area contributed by atoms with Crippen LogP contribution >= 0.6 is 11.6 Å². The second-order valence-electron chi connectivity index (χ2n) is 6.76. The van der Waals surface area contributed by atoms with Crippen LogP contribution in [0.15, 0.2) is 66.7 Å². The van der Waals surface area contributed by atoms with Gasteiger partial charge in [0.05, 0.1) is 0 Å². The second kappa shape index (κ2) is 7.15. The first-order chi connectivity index (χ1) is 13.8. The first kappa shape index (κ1) is 19.9. The van der Waals surface area contributed by atoms with Crippen LogP contribution in [0.1, 0.15) is 23.0 Å². The van der Waals surface area contributed by atoms with E-state index < -0.39 is 18.1 Å². The van der Waals surface area contributed by atoms with E-state index in [0.29, 0.717) is 27.8 Å². The monoisotopic (exact) mass is 420 g/mol. The number of hydrogen-bond acceptors (Lipinski definition) is 3. The van der Waals surface area contributed by atoms with Gasteiger partial charge in [0, 0.05) is 16.7 Å². The van der Waals surface area contributed by atoms with E-state index in [1.165, 1.54) is 18.2 Å². The van der Waals surface area contributed by atoms with E-state index in [4.69, 9.17) is 16.3 Å². The third-order valence-electron chi connectivity index (χ3n) is 5.18. The summed E-state index contributed by atoms with van der Waals surface area (Å²) in [5, 5.41) is 20.6. The Morgan fingerprint density at radius 1 is 0.897 bits per heavy atom. The van der Waals surface area contributed by atoms with E-state index in [9.17, 15) is 23.4 Å². The highest BCUT2D eigenvalue weighted by Gasteiger charge is 2.60. The Labute approximate surface area is 170 Å². The average molecular weight is 421 g/mol. The lowest BCUT2D eigenvalue weighted by atomic mass is 9.89. The molecule has 29 heavy (non-hydrogen) atoms. The van der Waals surface area contributed by atoms with Gasteiger partial charge in [-0.15, -0.1) is 0 Å². The maximum Gasteiger partial charge on any atom is 0.425 e. The SMILES string of the molecule is OC(OCCl)c1ccc(-c2ccc3c(c2)C(O)(C(F)(F)F)c2ccccc2-3)cc1. The average Bonchev–Trinajstić information content (AvgIpc) is 2.98. The van der Waals surface area contributed by atoms with Gasteiger partial charge in [-0.1, -0.05) is 72.3 Å². The molecule has 0 saturated carbocycles. The van der Waals surface area contributed by atoms with E-state index in [1.807, 2.05) is 0 Å². The van der Waals surface area contributed by atoms with Crippen LogP contribution in [0.25, 0.3) is 22.3 Å². The predicted molar refractivity (Wildman–Crippen MR) is 103 cm³/mol. The molecule has 3 aromatic carbocycles. The maximum atomic E-state index is 13.9. The number of benzene rings is 3. The fourth-order valence-electron chi connectivity index (χ4n) is 3.74. The number of fused-ring (bicyclic) bond motifs is 3. The van der Waals surface area contributed by atoms with Gasteiger partial charge >= 0.3 is 6.18 Å². The highest BCUT2D eigenvalue weighted by molar-refractivity contribution is 6.17. The molecule has 2 atom stereocenters. The lowest BCUT2D eigenvalue weighted by molar-refractivity contribution is -0.246. The van der Waals surface area contributed by atoms with Crippen molar-refractivity contribution >= 4 is 11.6 Å². The van der Waals surface area contributed by atoms with Gasteiger partial charge in [0.2, 0.25) is 5.60 Å². The van der Waals surface area contributed by atoms with Crippen molar-refractivity contribution < 1.29 is 28.1 Å². The molecule has 0 aliphatic heterocycles. The van der Waals surface area contributed by atoms with Gasteiger partial charge in [0.25, 0.3) is 0 Å². The Morgan fingerprint density at radius 2 is 1.52 bits per heavy atom. The normalized spacial score (nSPS) is 19.0. The van der Waals surface area contributed by atoms with Gasteiger partial charge in [0.15, 0.2) is 6.29 Å². The van der Waals surface area contributed by atoms with Crippen molar-refractivity contribution in [1.29, 1.82) is 0 Å². The Morgan fingerprint density at radius 3 is 2.17 bits per heavy atom. The number of halogens is 4. The first-order valence-corrected chi connectivity index (χ1v) is 9.30. The molecule has 1 aliphatic carbocycles. The minimum atomic E-state index is -4.88. The van der Waals surface area contributed by atoms with Gasteiger partial charge in [-0.2, -0.15) is 13.2 Å². The van der Waals surface area contributed by atoms with Gasteiger partial charge in [-0.3, -0.25) is 0 Å². The van der Waals surface area contributed by atoms with Gasteiger partial charge in [0.1, 0.15) is 6.07 Å². The molecule has 0 amide bonds. The maximum absolute atomic E-state index is 13.9. The van der Waals surface area contributed by atoms with Crippen LogP contribution in [-0.2, 0) is 10.3 Å². The summed E-state index contributed by atoms with van der Waals surface area (Å²) in [6, 6.07) is 17.0. The van der Waals surface area contributed by atoms with Gasteiger partial charge in [-0.25, -0.2) is 0 Å². The fraction of sp³-hybridized carbons (Fsp3) is 0.182. The molecular formula is C22H16ClF3O3. The summed E-state index contributed by atoms with van der Waals surface area (Å²) in [5.41, 5.74) is -1.10. The third kappa shape index (κ3) is 3.13. The summed E-state index contributed by atoms with van der Waals surface area (Å²) in [6.45, 7) is 0.